The standard InChI is InChI=1S/C7H13ClN2/c1-2-10-6-5-9-7(10)3-4-8/h2-6H2,1H3. The van der Waals surface area contributed by atoms with Crippen LogP contribution in [-0.4, -0.2) is 36.2 Å². The van der Waals surface area contributed by atoms with Crippen LogP contribution in [-0.2, 0) is 0 Å². The third-order valence-electron chi connectivity index (χ3n) is 1.73. The van der Waals surface area contributed by atoms with Crippen LogP contribution in [0.3, 0.4) is 0 Å². The molecule has 10 heavy (non-hydrogen) atoms. The zero-order valence-corrected chi connectivity index (χ0v) is 7.06. The van der Waals surface area contributed by atoms with Crippen LogP contribution in [0.2, 0.25) is 0 Å². The third-order valence-corrected chi connectivity index (χ3v) is 1.92. The van der Waals surface area contributed by atoms with Crippen molar-refractivity contribution in [3.05, 3.63) is 0 Å². The van der Waals surface area contributed by atoms with Crippen LogP contribution in [0.15, 0.2) is 4.99 Å². The Bertz CT molecular complexity index is 134. The van der Waals surface area contributed by atoms with Gasteiger partial charge in [0.25, 0.3) is 0 Å². The molecule has 0 unspecified atom stereocenters. The molecular formula is C7H13ClN2. The zero-order valence-electron chi connectivity index (χ0n) is 6.31. The number of hydrogen-bond acceptors (Lipinski definition) is 2. The van der Waals surface area contributed by atoms with E-state index in [9.17, 15) is 0 Å². The van der Waals surface area contributed by atoms with Gasteiger partial charge in [-0.3, -0.25) is 4.99 Å². The predicted molar refractivity (Wildman–Crippen MR) is 44.9 cm³/mol. The molecule has 0 saturated carbocycles. The monoisotopic (exact) mass is 160 g/mol. The van der Waals surface area contributed by atoms with E-state index in [0.29, 0.717) is 5.88 Å². The molecule has 0 saturated heterocycles. The Hall–Kier alpha value is -0.240. The van der Waals surface area contributed by atoms with Gasteiger partial charge in [-0.1, -0.05) is 0 Å². The summed E-state index contributed by atoms with van der Waals surface area (Å²) < 4.78 is 0. The molecule has 0 N–H and O–H groups in total. The maximum absolute atomic E-state index is 5.60. The summed E-state index contributed by atoms with van der Waals surface area (Å²) in [4.78, 5) is 6.62. The van der Waals surface area contributed by atoms with E-state index in [1.165, 1.54) is 5.84 Å². The molecule has 0 bridgehead atoms. The van der Waals surface area contributed by atoms with E-state index >= 15 is 0 Å². The Balaban J connectivity index is 2.40. The Labute approximate surface area is 66.9 Å². The van der Waals surface area contributed by atoms with Crippen LogP contribution in [0.5, 0.6) is 0 Å². The van der Waals surface area contributed by atoms with Crippen molar-refractivity contribution in [3.8, 4) is 0 Å². The molecule has 1 aliphatic rings. The molecule has 1 rings (SSSR count). The molecule has 0 radical (unpaired) electrons. The lowest BCUT2D eigenvalue weighted by Crippen LogP contribution is -2.27. The van der Waals surface area contributed by atoms with Crippen LogP contribution in [0.4, 0.5) is 0 Å². The number of hydrogen-bond donors (Lipinski definition) is 0. The van der Waals surface area contributed by atoms with Crippen molar-refractivity contribution in [3.63, 3.8) is 0 Å². The Kier molecular flexibility index (Phi) is 3.00. The van der Waals surface area contributed by atoms with Crippen LogP contribution in [0, 0.1) is 0 Å². The highest BCUT2D eigenvalue weighted by molar-refractivity contribution is 6.19. The maximum atomic E-state index is 5.60. The number of nitrogens with zero attached hydrogens (tertiary/aromatic N) is 2. The summed E-state index contributed by atoms with van der Waals surface area (Å²) in [5.41, 5.74) is 0. The second-order valence-corrected chi connectivity index (χ2v) is 2.69. The van der Waals surface area contributed by atoms with E-state index in [2.05, 4.69) is 16.8 Å². The summed E-state index contributed by atoms with van der Waals surface area (Å²) in [6.45, 7) is 5.26. The van der Waals surface area contributed by atoms with Crippen LogP contribution in [0.1, 0.15) is 13.3 Å². The second-order valence-electron chi connectivity index (χ2n) is 2.32. The normalized spacial score (nSPS) is 17.8. The van der Waals surface area contributed by atoms with E-state index in [1.807, 2.05) is 0 Å². The first-order chi connectivity index (χ1) is 4.88. The summed E-state index contributed by atoms with van der Waals surface area (Å²) in [7, 11) is 0. The number of likely N-dealkylation sites (N-methyl/N-ethyl adjacent to an activating group) is 1. The minimum atomic E-state index is 0.690. The molecule has 0 atom stereocenters. The van der Waals surface area contributed by atoms with E-state index in [4.69, 9.17) is 11.6 Å². The van der Waals surface area contributed by atoms with Gasteiger partial charge in [0.1, 0.15) is 5.84 Å². The van der Waals surface area contributed by atoms with Crippen LogP contribution in [0.25, 0.3) is 0 Å². The fourth-order valence-electron chi connectivity index (χ4n) is 1.19. The predicted octanol–water partition coefficient (Wildman–Crippen LogP) is 1.35. The highest BCUT2D eigenvalue weighted by Gasteiger charge is 2.12. The van der Waals surface area contributed by atoms with Crippen molar-refractivity contribution in [1.29, 1.82) is 0 Å². The van der Waals surface area contributed by atoms with Gasteiger partial charge in [-0.25, -0.2) is 0 Å². The van der Waals surface area contributed by atoms with Crippen molar-refractivity contribution >= 4 is 17.4 Å². The SMILES string of the molecule is CCN1CCN=C1CCCl. The average molecular weight is 161 g/mol. The average Bonchev–Trinajstić information content (AvgIpc) is 2.36. The lowest BCUT2D eigenvalue weighted by Gasteiger charge is -2.16. The van der Waals surface area contributed by atoms with E-state index < -0.39 is 0 Å². The van der Waals surface area contributed by atoms with Gasteiger partial charge in [-0.2, -0.15) is 0 Å². The molecular weight excluding hydrogens is 148 g/mol. The van der Waals surface area contributed by atoms with Gasteiger partial charge >= 0.3 is 0 Å². The quantitative estimate of drug-likeness (QED) is 0.570. The molecule has 1 aliphatic heterocycles. The first kappa shape index (κ1) is 7.86. The highest BCUT2D eigenvalue weighted by atomic mass is 35.5. The molecule has 0 aliphatic carbocycles. The smallest absolute Gasteiger partial charge is 0.100 e. The van der Waals surface area contributed by atoms with Crippen molar-refractivity contribution in [2.24, 2.45) is 4.99 Å². The molecule has 0 amide bonds. The van der Waals surface area contributed by atoms with Crippen LogP contribution >= 0.6 is 11.6 Å². The number of aliphatic imine (C=N–C) groups is 1. The molecule has 2 nitrogen and oxygen atoms in total. The lowest BCUT2D eigenvalue weighted by atomic mass is 10.4. The number of amidine groups is 1. The van der Waals surface area contributed by atoms with Crippen molar-refractivity contribution in [1.82, 2.24) is 4.90 Å². The van der Waals surface area contributed by atoms with Gasteiger partial charge in [-0.15, -0.1) is 11.6 Å². The lowest BCUT2D eigenvalue weighted by molar-refractivity contribution is 0.476. The van der Waals surface area contributed by atoms with E-state index in [1.54, 1.807) is 0 Å². The molecule has 0 aromatic rings. The van der Waals surface area contributed by atoms with Gasteiger partial charge in [0.05, 0.1) is 6.54 Å². The summed E-state index contributed by atoms with van der Waals surface area (Å²) in [5, 5.41) is 0. The van der Waals surface area contributed by atoms with Crippen LogP contribution < -0.4 is 0 Å². The van der Waals surface area contributed by atoms with Gasteiger partial charge in [0.15, 0.2) is 0 Å². The van der Waals surface area contributed by atoms with E-state index in [-0.39, 0.29) is 0 Å². The molecule has 0 spiro atoms. The van der Waals surface area contributed by atoms with Crippen molar-refractivity contribution in [2.45, 2.75) is 13.3 Å². The Morgan fingerprint density at radius 1 is 1.70 bits per heavy atom. The molecule has 0 aromatic carbocycles. The zero-order chi connectivity index (χ0) is 7.40. The fourth-order valence-corrected chi connectivity index (χ4v) is 1.36. The Morgan fingerprint density at radius 2 is 2.50 bits per heavy atom. The number of halogens is 1. The maximum Gasteiger partial charge on any atom is 0.100 e. The van der Waals surface area contributed by atoms with E-state index in [0.717, 1.165) is 26.1 Å². The topological polar surface area (TPSA) is 15.6 Å². The highest BCUT2D eigenvalue weighted by Crippen LogP contribution is 2.04. The van der Waals surface area contributed by atoms with Gasteiger partial charge < -0.3 is 4.90 Å². The first-order valence-corrected chi connectivity index (χ1v) is 4.26. The minimum absolute atomic E-state index is 0.690. The summed E-state index contributed by atoms with van der Waals surface area (Å²) >= 11 is 5.60. The molecule has 58 valence electrons. The third kappa shape index (κ3) is 1.63. The van der Waals surface area contributed by atoms with Crippen molar-refractivity contribution < 1.29 is 0 Å². The minimum Gasteiger partial charge on any atom is -0.359 e. The second kappa shape index (κ2) is 3.81. The van der Waals surface area contributed by atoms with Gasteiger partial charge in [0, 0.05) is 25.4 Å². The van der Waals surface area contributed by atoms with Gasteiger partial charge in [-0.05, 0) is 6.92 Å². The molecule has 0 fully saturated rings. The summed E-state index contributed by atoms with van der Waals surface area (Å²) in [5.74, 6) is 1.88. The first-order valence-electron chi connectivity index (χ1n) is 3.72. The van der Waals surface area contributed by atoms with Gasteiger partial charge in [0.2, 0.25) is 0 Å². The summed E-state index contributed by atoms with van der Waals surface area (Å²) in [6, 6.07) is 0. The number of rotatable bonds is 3. The largest absolute Gasteiger partial charge is 0.359 e. The Morgan fingerprint density at radius 3 is 3.10 bits per heavy atom. The molecule has 0 aromatic heterocycles. The fraction of sp³-hybridized carbons (Fsp3) is 0.857. The molecule has 3 heteroatoms. The number of alkyl halides is 1. The summed E-state index contributed by atoms with van der Waals surface area (Å²) in [6.07, 6.45) is 0.926. The molecule has 1 heterocycles. The van der Waals surface area contributed by atoms with Crippen molar-refractivity contribution in [2.75, 3.05) is 25.5 Å².